The van der Waals surface area contributed by atoms with Gasteiger partial charge in [-0.15, -0.1) is 0 Å². The zero-order valence-electron chi connectivity index (χ0n) is 10.3. The van der Waals surface area contributed by atoms with Crippen LogP contribution in [0.3, 0.4) is 0 Å². The molecule has 1 rings (SSSR count). The van der Waals surface area contributed by atoms with Crippen LogP contribution in [-0.4, -0.2) is 36.4 Å². The van der Waals surface area contributed by atoms with Gasteiger partial charge in [0.05, 0.1) is 7.11 Å². The van der Waals surface area contributed by atoms with Crippen molar-refractivity contribution in [1.29, 1.82) is 0 Å². The summed E-state index contributed by atoms with van der Waals surface area (Å²) in [4.78, 5) is 21.0. The summed E-state index contributed by atoms with van der Waals surface area (Å²) in [6, 6.07) is 3.80. The lowest BCUT2D eigenvalue weighted by Gasteiger charge is -2.11. The van der Waals surface area contributed by atoms with Crippen LogP contribution in [0, 0.1) is 5.82 Å². The number of aliphatic carboxylic acids is 1. The number of nitrogens with one attached hydrogen (secondary N) is 1. The molecule has 0 bridgehead atoms. The minimum absolute atomic E-state index is 0.152. The maximum atomic E-state index is 13.8. The Balaban J connectivity index is 2.57. The summed E-state index contributed by atoms with van der Waals surface area (Å²) in [5.74, 6) is -0.963. The van der Waals surface area contributed by atoms with E-state index in [0.717, 1.165) is 0 Å². The van der Waals surface area contributed by atoms with E-state index in [1.807, 2.05) is 0 Å². The summed E-state index contributed by atoms with van der Waals surface area (Å²) in [6.45, 7) is 0. The average Bonchev–Trinajstić information content (AvgIpc) is 2.39. The lowest BCUT2D eigenvalue weighted by atomic mass is 10.2. The van der Waals surface area contributed by atoms with Gasteiger partial charge in [-0.1, -0.05) is 12.1 Å². The van der Waals surface area contributed by atoms with Crippen molar-refractivity contribution in [2.24, 2.45) is 0 Å². The number of ether oxygens (including phenoxy) is 1. The Morgan fingerprint density at radius 3 is 2.95 bits per heavy atom. The molecule has 0 radical (unpaired) electrons. The maximum Gasteiger partial charge on any atom is 0.327 e. The number of methoxy groups -OCH3 is 1. The van der Waals surface area contributed by atoms with Gasteiger partial charge in [-0.05, 0) is 6.07 Å². The summed E-state index contributed by atoms with van der Waals surface area (Å²) in [5.41, 5.74) is 0.430. The Morgan fingerprint density at radius 2 is 2.37 bits per heavy atom. The highest BCUT2D eigenvalue weighted by Gasteiger charge is 2.16. The standard InChI is InChI=1S/C12H14FNO4S/c1-18-10-4-2-3-8(11(10)13)5-19-6-9(12(16)17)14-7-15/h2-4,7,9H,5-6H2,1H3,(H,14,15)(H,16,17). The summed E-state index contributed by atoms with van der Waals surface area (Å²) < 4.78 is 18.6. The molecular weight excluding hydrogens is 273 g/mol. The predicted octanol–water partition coefficient (Wildman–Crippen LogP) is 1.27. The van der Waals surface area contributed by atoms with Crippen LogP contribution in [0.5, 0.6) is 5.75 Å². The van der Waals surface area contributed by atoms with Crippen LogP contribution in [0.1, 0.15) is 5.56 Å². The van der Waals surface area contributed by atoms with Gasteiger partial charge in [0, 0.05) is 17.1 Å². The number of halogens is 1. The fourth-order valence-electron chi connectivity index (χ4n) is 1.38. The van der Waals surface area contributed by atoms with Gasteiger partial charge in [0.2, 0.25) is 6.41 Å². The highest BCUT2D eigenvalue weighted by molar-refractivity contribution is 7.98. The molecule has 2 N–H and O–H groups in total. The van der Waals surface area contributed by atoms with Gasteiger partial charge in [-0.2, -0.15) is 11.8 Å². The van der Waals surface area contributed by atoms with Crippen LogP contribution in [0.4, 0.5) is 4.39 Å². The first-order chi connectivity index (χ1) is 9.10. The Labute approximate surface area is 114 Å². The van der Waals surface area contributed by atoms with E-state index in [1.54, 1.807) is 12.1 Å². The van der Waals surface area contributed by atoms with E-state index in [2.05, 4.69) is 5.32 Å². The minimum Gasteiger partial charge on any atom is -0.494 e. The van der Waals surface area contributed by atoms with Gasteiger partial charge >= 0.3 is 5.97 Å². The van der Waals surface area contributed by atoms with Crippen LogP contribution in [0.25, 0.3) is 0 Å². The van der Waals surface area contributed by atoms with Crippen LogP contribution in [0.2, 0.25) is 0 Å². The van der Waals surface area contributed by atoms with Gasteiger partial charge in [0.1, 0.15) is 6.04 Å². The summed E-state index contributed by atoms with van der Waals surface area (Å²) in [6.07, 6.45) is 0.339. The summed E-state index contributed by atoms with van der Waals surface area (Å²) >= 11 is 1.22. The van der Waals surface area contributed by atoms with Gasteiger partial charge in [-0.3, -0.25) is 4.79 Å². The summed E-state index contributed by atoms with van der Waals surface area (Å²) in [7, 11) is 1.38. The first-order valence-corrected chi connectivity index (χ1v) is 6.57. The van der Waals surface area contributed by atoms with Gasteiger partial charge in [-0.25, -0.2) is 9.18 Å². The molecule has 5 nitrogen and oxygen atoms in total. The van der Waals surface area contributed by atoms with E-state index in [4.69, 9.17) is 9.84 Å². The third kappa shape index (κ3) is 4.44. The van der Waals surface area contributed by atoms with Crippen LogP contribution in [-0.2, 0) is 15.3 Å². The molecule has 1 atom stereocenters. The third-order valence-corrected chi connectivity index (χ3v) is 3.46. The molecule has 0 saturated heterocycles. The molecular formula is C12H14FNO4S. The molecule has 1 unspecified atom stereocenters. The fourth-order valence-corrected chi connectivity index (χ4v) is 2.42. The zero-order valence-corrected chi connectivity index (χ0v) is 11.1. The van der Waals surface area contributed by atoms with Crippen molar-refractivity contribution in [3.63, 3.8) is 0 Å². The number of hydrogen-bond donors (Lipinski definition) is 2. The number of amides is 1. The molecule has 0 heterocycles. The van der Waals surface area contributed by atoms with Gasteiger partial charge in [0.15, 0.2) is 11.6 Å². The molecule has 19 heavy (non-hydrogen) atoms. The van der Waals surface area contributed by atoms with E-state index in [0.29, 0.717) is 17.7 Å². The van der Waals surface area contributed by atoms with Crippen molar-refractivity contribution in [2.45, 2.75) is 11.8 Å². The van der Waals surface area contributed by atoms with Crippen molar-refractivity contribution in [2.75, 3.05) is 12.9 Å². The molecule has 0 fully saturated rings. The second kappa shape index (κ2) is 7.63. The quantitative estimate of drug-likeness (QED) is 0.704. The molecule has 0 aliphatic carbocycles. The Kier molecular flexibility index (Phi) is 6.14. The SMILES string of the molecule is COc1cccc(CSCC(NC=O)C(=O)O)c1F. The number of thioether (sulfide) groups is 1. The molecule has 0 aliphatic heterocycles. The van der Waals surface area contributed by atoms with Crippen LogP contribution in [0.15, 0.2) is 18.2 Å². The summed E-state index contributed by atoms with van der Waals surface area (Å²) in [5, 5.41) is 11.0. The molecule has 0 aliphatic rings. The first-order valence-electron chi connectivity index (χ1n) is 5.41. The topological polar surface area (TPSA) is 75.6 Å². The fraction of sp³-hybridized carbons (Fsp3) is 0.333. The van der Waals surface area contributed by atoms with Crippen LogP contribution >= 0.6 is 11.8 Å². The number of benzene rings is 1. The first kappa shape index (κ1) is 15.3. The minimum atomic E-state index is -1.12. The molecule has 7 heteroatoms. The van der Waals surface area contributed by atoms with Crippen molar-refractivity contribution >= 4 is 24.1 Å². The van der Waals surface area contributed by atoms with E-state index in [-0.39, 0.29) is 11.5 Å². The van der Waals surface area contributed by atoms with Crippen molar-refractivity contribution in [3.05, 3.63) is 29.6 Å². The molecule has 1 amide bonds. The van der Waals surface area contributed by atoms with Crippen molar-refractivity contribution in [1.82, 2.24) is 5.32 Å². The molecule has 1 aromatic carbocycles. The molecule has 0 saturated carbocycles. The third-order valence-electron chi connectivity index (χ3n) is 2.37. The number of carboxylic acid groups (broad SMARTS) is 1. The van der Waals surface area contributed by atoms with Crippen LogP contribution < -0.4 is 10.1 Å². The monoisotopic (exact) mass is 287 g/mol. The predicted molar refractivity (Wildman–Crippen MR) is 69.7 cm³/mol. The second-order valence-corrected chi connectivity index (χ2v) is 4.65. The van der Waals surface area contributed by atoms with Crippen molar-refractivity contribution in [3.8, 4) is 5.75 Å². The molecule has 1 aromatic rings. The normalized spacial score (nSPS) is 11.7. The average molecular weight is 287 g/mol. The smallest absolute Gasteiger partial charge is 0.327 e. The zero-order chi connectivity index (χ0) is 14.3. The molecule has 104 valence electrons. The number of rotatable bonds is 8. The van der Waals surface area contributed by atoms with E-state index in [1.165, 1.54) is 24.9 Å². The second-order valence-electron chi connectivity index (χ2n) is 3.62. The maximum absolute atomic E-state index is 13.8. The van der Waals surface area contributed by atoms with E-state index < -0.39 is 17.8 Å². The van der Waals surface area contributed by atoms with E-state index in [9.17, 15) is 14.0 Å². The van der Waals surface area contributed by atoms with Gasteiger partial charge < -0.3 is 15.2 Å². The van der Waals surface area contributed by atoms with E-state index >= 15 is 0 Å². The number of carbonyl (C=O) groups excluding carboxylic acids is 1. The molecule has 0 aromatic heterocycles. The lowest BCUT2D eigenvalue weighted by Crippen LogP contribution is -2.37. The highest BCUT2D eigenvalue weighted by Crippen LogP contribution is 2.23. The molecule has 0 spiro atoms. The Hall–Kier alpha value is -1.76. The highest BCUT2D eigenvalue weighted by atomic mass is 32.2. The Morgan fingerprint density at radius 1 is 1.63 bits per heavy atom. The van der Waals surface area contributed by atoms with Gasteiger partial charge in [0.25, 0.3) is 0 Å². The lowest BCUT2D eigenvalue weighted by molar-refractivity contribution is -0.139. The number of carboxylic acids is 1. The largest absolute Gasteiger partial charge is 0.494 e. The van der Waals surface area contributed by atoms with Crippen molar-refractivity contribution < 1.29 is 23.8 Å². The Bertz CT molecular complexity index is 455. The number of hydrogen-bond acceptors (Lipinski definition) is 4. The number of carbonyl (C=O) groups is 2.